The van der Waals surface area contributed by atoms with Gasteiger partial charge in [0.05, 0.1) is 5.92 Å². The first-order chi connectivity index (χ1) is 13.6. The van der Waals surface area contributed by atoms with Crippen molar-refractivity contribution < 1.29 is 14.4 Å². The SMILES string of the molecule is Cc1cccc(C(=O)CC(c2ccccc2)C2C(=O)c3ccccc3C2=O)c1. The van der Waals surface area contributed by atoms with Crippen molar-refractivity contribution in [3.63, 3.8) is 0 Å². The fourth-order valence-corrected chi connectivity index (χ4v) is 4.00. The molecule has 0 heterocycles. The van der Waals surface area contributed by atoms with Gasteiger partial charge in [0.1, 0.15) is 0 Å². The first-order valence-corrected chi connectivity index (χ1v) is 9.38. The van der Waals surface area contributed by atoms with E-state index in [4.69, 9.17) is 0 Å². The van der Waals surface area contributed by atoms with Crippen molar-refractivity contribution in [3.05, 3.63) is 107 Å². The highest BCUT2D eigenvalue weighted by molar-refractivity contribution is 6.27. The maximum absolute atomic E-state index is 13.1. The summed E-state index contributed by atoms with van der Waals surface area (Å²) in [4.78, 5) is 39.1. The Balaban J connectivity index is 1.73. The zero-order valence-electron chi connectivity index (χ0n) is 15.6. The van der Waals surface area contributed by atoms with E-state index < -0.39 is 11.8 Å². The van der Waals surface area contributed by atoms with Gasteiger partial charge in [0.15, 0.2) is 17.3 Å². The van der Waals surface area contributed by atoms with E-state index in [-0.39, 0.29) is 23.8 Å². The number of hydrogen-bond acceptors (Lipinski definition) is 3. The predicted molar refractivity (Wildman–Crippen MR) is 108 cm³/mol. The lowest BCUT2D eigenvalue weighted by Gasteiger charge is -2.21. The van der Waals surface area contributed by atoms with Crippen molar-refractivity contribution >= 4 is 17.3 Å². The van der Waals surface area contributed by atoms with E-state index in [2.05, 4.69) is 0 Å². The van der Waals surface area contributed by atoms with Gasteiger partial charge in [0.25, 0.3) is 0 Å². The largest absolute Gasteiger partial charge is 0.294 e. The summed E-state index contributed by atoms with van der Waals surface area (Å²) in [6, 6.07) is 23.7. The predicted octanol–water partition coefficient (Wildman–Crippen LogP) is 5.05. The molecule has 1 unspecified atom stereocenters. The van der Waals surface area contributed by atoms with Crippen LogP contribution in [0.15, 0.2) is 78.9 Å². The Morgan fingerprint density at radius 2 is 1.43 bits per heavy atom. The Bertz CT molecular complexity index is 1030. The molecule has 1 aliphatic carbocycles. The van der Waals surface area contributed by atoms with E-state index in [9.17, 15) is 14.4 Å². The molecule has 0 aliphatic heterocycles. The van der Waals surface area contributed by atoms with E-state index in [0.717, 1.165) is 11.1 Å². The van der Waals surface area contributed by atoms with Crippen LogP contribution in [-0.4, -0.2) is 17.3 Å². The van der Waals surface area contributed by atoms with Gasteiger partial charge in [-0.3, -0.25) is 14.4 Å². The Kier molecular flexibility index (Phi) is 4.74. The van der Waals surface area contributed by atoms with Gasteiger partial charge >= 0.3 is 0 Å². The molecule has 0 N–H and O–H groups in total. The van der Waals surface area contributed by atoms with Gasteiger partial charge in [-0.15, -0.1) is 0 Å². The van der Waals surface area contributed by atoms with Crippen LogP contribution in [0.5, 0.6) is 0 Å². The summed E-state index contributed by atoms with van der Waals surface area (Å²) in [5.41, 5.74) is 3.37. The Labute approximate surface area is 164 Å². The minimum absolute atomic E-state index is 0.0610. The topological polar surface area (TPSA) is 51.2 Å². The molecule has 3 heteroatoms. The molecule has 3 aromatic rings. The third-order valence-electron chi connectivity index (χ3n) is 5.40. The molecule has 0 fully saturated rings. The van der Waals surface area contributed by atoms with Gasteiger partial charge in [-0.2, -0.15) is 0 Å². The second-order valence-electron chi connectivity index (χ2n) is 7.27. The summed E-state index contributed by atoms with van der Waals surface area (Å²) in [5.74, 6) is -1.78. The number of Topliss-reactive ketones (excluding diaryl/α,β-unsaturated/α-hetero) is 3. The molecule has 0 saturated heterocycles. The van der Waals surface area contributed by atoms with E-state index in [1.54, 1.807) is 30.3 Å². The number of carbonyl (C=O) groups excluding carboxylic acids is 3. The van der Waals surface area contributed by atoms with Crippen LogP contribution >= 0.6 is 0 Å². The van der Waals surface area contributed by atoms with Gasteiger partial charge in [-0.25, -0.2) is 0 Å². The van der Waals surface area contributed by atoms with Gasteiger partial charge < -0.3 is 0 Å². The van der Waals surface area contributed by atoms with Crippen LogP contribution in [0.2, 0.25) is 0 Å². The number of ketones is 3. The molecule has 0 bridgehead atoms. The first-order valence-electron chi connectivity index (χ1n) is 9.38. The van der Waals surface area contributed by atoms with Gasteiger partial charge in [0.2, 0.25) is 0 Å². The number of fused-ring (bicyclic) bond motifs is 1. The summed E-state index contributed by atoms with van der Waals surface area (Å²) in [5, 5.41) is 0. The lowest BCUT2D eigenvalue weighted by atomic mass is 9.79. The van der Waals surface area contributed by atoms with Gasteiger partial charge in [-0.1, -0.05) is 78.4 Å². The zero-order valence-corrected chi connectivity index (χ0v) is 15.6. The molecule has 0 radical (unpaired) electrons. The second kappa shape index (κ2) is 7.35. The third kappa shape index (κ3) is 3.20. The highest BCUT2D eigenvalue weighted by atomic mass is 16.2. The highest BCUT2D eigenvalue weighted by Crippen LogP contribution is 2.39. The Morgan fingerprint density at radius 3 is 2.04 bits per heavy atom. The minimum atomic E-state index is -0.853. The first kappa shape index (κ1) is 18.1. The van der Waals surface area contributed by atoms with Crippen LogP contribution in [0.4, 0.5) is 0 Å². The van der Waals surface area contributed by atoms with E-state index in [1.807, 2.05) is 55.5 Å². The van der Waals surface area contributed by atoms with Gasteiger partial charge in [-0.05, 0) is 18.6 Å². The molecule has 3 aromatic carbocycles. The maximum atomic E-state index is 13.1. The maximum Gasteiger partial charge on any atom is 0.175 e. The summed E-state index contributed by atoms with van der Waals surface area (Å²) in [6.45, 7) is 1.94. The van der Waals surface area contributed by atoms with Gasteiger partial charge in [0, 0.05) is 29.0 Å². The minimum Gasteiger partial charge on any atom is -0.294 e. The van der Waals surface area contributed by atoms with Crippen molar-refractivity contribution in [2.45, 2.75) is 19.3 Å². The lowest BCUT2D eigenvalue weighted by molar-refractivity contribution is 0.0802. The molecular formula is C25H20O3. The molecule has 1 atom stereocenters. The number of aryl methyl sites for hydroxylation is 1. The Hall–Kier alpha value is -3.33. The normalized spacial score (nSPS) is 14.8. The standard InChI is InChI=1S/C25H20O3/c1-16-8-7-11-18(14-16)22(26)15-21(17-9-3-2-4-10-17)23-24(27)19-12-5-6-13-20(19)25(23)28/h2-14,21,23H,15H2,1H3. The average molecular weight is 368 g/mol. The van der Waals surface area contributed by atoms with Crippen molar-refractivity contribution in [2.24, 2.45) is 5.92 Å². The van der Waals surface area contributed by atoms with Crippen molar-refractivity contribution in [1.29, 1.82) is 0 Å². The summed E-state index contributed by atoms with van der Waals surface area (Å²) in [7, 11) is 0. The molecular weight excluding hydrogens is 348 g/mol. The monoisotopic (exact) mass is 368 g/mol. The quantitative estimate of drug-likeness (QED) is 0.468. The summed E-state index contributed by atoms with van der Waals surface area (Å²) in [6.07, 6.45) is 0.115. The number of rotatable bonds is 5. The second-order valence-corrected chi connectivity index (χ2v) is 7.27. The van der Waals surface area contributed by atoms with E-state index >= 15 is 0 Å². The number of hydrogen-bond donors (Lipinski definition) is 0. The molecule has 0 amide bonds. The van der Waals surface area contributed by atoms with Crippen LogP contribution < -0.4 is 0 Å². The van der Waals surface area contributed by atoms with E-state index in [0.29, 0.717) is 16.7 Å². The highest BCUT2D eigenvalue weighted by Gasteiger charge is 2.44. The molecule has 3 nitrogen and oxygen atoms in total. The molecule has 0 spiro atoms. The Morgan fingerprint density at radius 1 is 0.821 bits per heavy atom. The molecule has 0 saturated carbocycles. The lowest BCUT2D eigenvalue weighted by Crippen LogP contribution is -2.26. The zero-order chi connectivity index (χ0) is 19.7. The smallest absolute Gasteiger partial charge is 0.175 e. The van der Waals surface area contributed by atoms with Crippen LogP contribution in [0.3, 0.4) is 0 Å². The van der Waals surface area contributed by atoms with Crippen LogP contribution in [-0.2, 0) is 0 Å². The third-order valence-corrected chi connectivity index (χ3v) is 5.40. The summed E-state index contributed by atoms with van der Waals surface area (Å²) >= 11 is 0. The molecule has 4 rings (SSSR count). The van der Waals surface area contributed by atoms with Crippen molar-refractivity contribution in [2.75, 3.05) is 0 Å². The van der Waals surface area contributed by atoms with Crippen LogP contribution in [0.1, 0.15) is 54.5 Å². The number of benzene rings is 3. The fourth-order valence-electron chi connectivity index (χ4n) is 4.00. The number of carbonyl (C=O) groups is 3. The van der Waals surface area contributed by atoms with Crippen LogP contribution in [0.25, 0.3) is 0 Å². The van der Waals surface area contributed by atoms with Crippen molar-refractivity contribution in [3.8, 4) is 0 Å². The summed E-state index contributed by atoms with van der Waals surface area (Å²) < 4.78 is 0. The fraction of sp³-hybridized carbons (Fsp3) is 0.160. The van der Waals surface area contributed by atoms with E-state index in [1.165, 1.54) is 0 Å². The molecule has 28 heavy (non-hydrogen) atoms. The molecule has 138 valence electrons. The van der Waals surface area contributed by atoms with Crippen molar-refractivity contribution in [1.82, 2.24) is 0 Å². The van der Waals surface area contributed by atoms with Crippen LogP contribution in [0, 0.1) is 12.8 Å². The molecule has 1 aliphatic rings. The molecule has 0 aromatic heterocycles. The average Bonchev–Trinajstić information content (AvgIpc) is 2.97.